The molecule has 1 fully saturated rings. The summed E-state index contributed by atoms with van der Waals surface area (Å²) >= 11 is 0. The molecule has 7 heteroatoms. The van der Waals surface area contributed by atoms with Crippen LogP contribution in [0.15, 0.2) is 84.9 Å². The van der Waals surface area contributed by atoms with Crippen LogP contribution in [0.2, 0.25) is 0 Å². The molecule has 1 saturated carbocycles. The van der Waals surface area contributed by atoms with Gasteiger partial charge in [0.05, 0.1) is 18.8 Å². The third-order valence-electron chi connectivity index (χ3n) is 6.68. The van der Waals surface area contributed by atoms with Gasteiger partial charge in [-0.05, 0) is 48.9 Å². The zero-order valence-corrected chi connectivity index (χ0v) is 20.7. The van der Waals surface area contributed by atoms with Crippen LogP contribution in [0.4, 0.5) is 0 Å². The number of amides is 1. The van der Waals surface area contributed by atoms with Crippen molar-refractivity contribution in [2.24, 2.45) is 0 Å². The van der Waals surface area contributed by atoms with Gasteiger partial charge in [-0.3, -0.25) is 8.98 Å². The van der Waals surface area contributed by atoms with Gasteiger partial charge in [0.1, 0.15) is 11.5 Å². The second kappa shape index (κ2) is 11.1. The lowest BCUT2D eigenvalue weighted by atomic mass is 9.68. The van der Waals surface area contributed by atoms with E-state index in [1.165, 1.54) is 0 Å². The molecule has 1 aliphatic carbocycles. The van der Waals surface area contributed by atoms with E-state index in [4.69, 9.17) is 8.92 Å². The van der Waals surface area contributed by atoms with Crippen molar-refractivity contribution in [2.75, 3.05) is 13.7 Å². The van der Waals surface area contributed by atoms with Gasteiger partial charge in [-0.25, -0.2) is 0 Å². The fraction of sp³-hybridized carbons (Fsp3) is 0.321. The quantitative estimate of drug-likeness (QED) is 0.431. The van der Waals surface area contributed by atoms with E-state index in [0.717, 1.165) is 5.56 Å². The first-order chi connectivity index (χ1) is 16.9. The highest BCUT2D eigenvalue weighted by atomic mass is 32.2. The zero-order valence-electron chi connectivity index (χ0n) is 19.9. The third-order valence-corrected chi connectivity index (χ3v) is 7.94. The predicted octanol–water partition coefficient (Wildman–Crippen LogP) is 4.85. The summed E-state index contributed by atoms with van der Waals surface area (Å²) in [4.78, 5) is 13.0. The van der Waals surface area contributed by atoms with Crippen LogP contribution in [-0.2, 0) is 25.5 Å². The van der Waals surface area contributed by atoms with Crippen molar-refractivity contribution in [3.05, 3.63) is 102 Å². The van der Waals surface area contributed by atoms with Crippen LogP contribution in [-0.4, -0.2) is 34.1 Å². The molecule has 0 aliphatic heterocycles. The Balaban J connectivity index is 1.44. The number of hydrogen-bond acceptors (Lipinski definition) is 5. The molecule has 0 unspecified atom stereocenters. The summed E-state index contributed by atoms with van der Waals surface area (Å²) in [5, 5.41) is 3.10. The van der Waals surface area contributed by atoms with Gasteiger partial charge in [0.25, 0.3) is 16.0 Å². The van der Waals surface area contributed by atoms with Gasteiger partial charge in [0.15, 0.2) is 0 Å². The van der Waals surface area contributed by atoms with E-state index >= 15 is 0 Å². The molecule has 1 N–H and O–H groups in total. The van der Waals surface area contributed by atoms with E-state index < -0.39 is 10.1 Å². The summed E-state index contributed by atoms with van der Waals surface area (Å²) in [5.41, 5.74) is 2.02. The van der Waals surface area contributed by atoms with Crippen LogP contribution < -0.4 is 10.1 Å². The number of hydrogen-bond donors (Lipinski definition) is 1. The Morgan fingerprint density at radius 1 is 0.914 bits per heavy atom. The molecule has 3 aromatic carbocycles. The number of carbonyl (C=O) groups excluding carboxylic acids is 1. The standard InChI is InChI=1S/C28H31NO5S/c1-33-26-15-9-8-14-25(26)27(30)29-21-28(23-12-6-3-7-13-23)18-16-24(17-19-28)34-35(31,32)20-22-10-4-2-5-11-22/h2-15,24H,16-21H2,1H3,(H,29,30). The Morgan fingerprint density at radius 2 is 1.51 bits per heavy atom. The molecule has 0 bridgehead atoms. The summed E-state index contributed by atoms with van der Waals surface area (Å²) in [7, 11) is -2.14. The molecule has 0 radical (unpaired) electrons. The molecule has 6 nitrogen and oxygen atoms in total. The van der Waals surface area contributed by atoms with E-state index in [2.05, 4.69) is 17.4 Å². The number of methoxy groups -OCH3 is 1. The zero-order chi connectivity index (χ0) is 24.7. The van der Waals surface area contributed by atoms with Crippen LogP contribution in [0, 0.1) is 0 Å². The normalized spacial score (nSPS) is 20.2. The van der Waals surface area contributed by atoms with Crippen LogP contribution in [0.1, 0.15) is 47.2 Å². The second-order valence-corrected chi connectivity index (χ2v) is 10.6. The molecule has 0 aromatic heterocycles. The van der Waals surface area contributed by atoms with Gasteiger partial charge in [-0.15, -0.1) is 0 Å². The number of carbonyl (C=O) groups is 1. The first-order valence-electron chi connectivity index (χ1n) is 11.8. The lowest BCUT2D eigenvalue weighted by Gasteiger charge is -2.40. The summed E-state index contributed by atoms with van der Waals surface area (Å²) in [5.74, 6) is 0.199. The first-order valence-corrected chi connectivity index (χ1v) is 13.4. The number of ether oxygens (including phenoxy) is 1. The molecular weight excluding hydrogens is 462 g/mol. The van der Waals surface area contributed by atoms with Gasteiger partial charge in [0, 0.05) is 12.0 Å². The van der Waals surface area contributed by atoms with Crippen LogP contribution in [0.3, 0.4) is 0 Å². The number of benzene rings is 3. The predicted molar refractivity (Wildman–Crippen MR) is 136 cm³/mol. The van der Waals surface area contributed by atoms with Crippen LogP contribution >= 0.6 is 0 Å². The number of rotatable bonds is 9. The highest BCUT2D eigenvalue weighted by Gasteiger charge is 2.39. The minimum atomic E-state index is -3.69. The fourth-order valence-corrected chi connectivity index (χ4v) is 6.07. The highest BCUT2D eigenvalue weighted by molar-refractivity contribution is 7.85. The molecule has 0 spiro atoms. The van der Waals surface area contributed by atoms with Gasteiger partial charge in [-0.1, -0.05) is 72.8 Å². The summed E-state index contributed by atoms with van der Waals surface area (Å²) in [6, 6.07) is 26.3. The maximum Gasteiger partial charge on any atom is 0.271 e. The molecule has 1 amide bonds. The smallest absolute Gasteiger partial charge is 0.271 e. The topological polar surface area (TPSA) is 81.7 Å². The minimum Gasteiger partial charge on any atom is -0.496 e. The average molecular weight is 494 g/mol. The molecule has 0 saturated heterocycles. The molecule has 1 aliphatic rings. The molecule has 35 heavy (non-hydrogen) atoms. The molecular formula is C28H31NO5S. The van der Waals surface area contributed by atoms with Gasteiger partial charge >= 0.3 is 0 Å². The lowest BCUT2D eigenvalue weighted by molar-refractivity contribution is 0.0906. The fourth-order valence-electron chi connectivity index (χ4n) is 4.80. The van der Waals surface area contributed by atoms with E-state index in [1.54, 1.807) is 31.4 Å². The van der Waals surface area contributed by atoms with Gasteiger partial charge in [0.2, 0.25) is 0 Å². The average Bonchev–Trinajstić information content (AvgIpc) is 2.89. The minimum absolute atomic E-state index is 0.136. The van der Waals surface area contributed by atoms with Crippen LogP contribution in [0.5, 0.6) is 5.75 Å². The van der Waals surface area contributed by atoms with Crippen LogP contribution in [0.25, 0.3) is 0 Å². The Bertz CT molecular complexity index is 1220. The van der Waals surface area contributed by atoms with Crippen molar-refractivity contribution in [1.82, 2.24) is 5.32 Å². The first kappa shape index (κ1) is 24.9. The van der Waals surface area contributed by atoms with Crippen molar-refractivity contribution in [3.63, 3.8) is 0 Å². The summed E-state index contributed by atoms with van der Waals surface area (Å²) < 4.78 is 36.2. The van der Waals surface area contributed by atoms with Crippen molar-refractivity contribution in [1.29, 1.82) is 0 Å². The Kier molecular flexibility index (Phi) is 7.88. The van der Waals surface area contributed by atoms with E-state index in [0.29, 0.717) is 49.1 Å². The van der Waals surface area contributed by atoms with E-state index in [1.807, 2.05) is 48.5 Å². The Morgan fingerprint density at radius 3 is 2.17 bits per heavy atom. The van der Waals surface area contributed by atoms with E-state index in [-0.39, 0.29) is 23.2 Å². The molecule has 0 atom stereocenters. The lowest BCUT2D eigenvalue weighted by Crippen LogP contribution is -2.44. The maximum absolute atomic E-state index is 13.0. The summed E-state index contributed by atoms with van der Waals surface area (Å²) in [6.45, 7) is 0.442. The largest absolute Gasteiger partial charge is 0.496 e. The second-order valence-electron chi connectivity index (χ2n) is 9.01. The highest BCUT2D eigenvalue weighted by Crippen LogP contribution is 2.40. The van der Waals surface area contributed by atoms with Gasteiger partial charge < -0.3 is 10.1 Å². The number of nitrogens with one attached hydrogen (secondary N) is 1. The van der Waals surface area contributed by atoms with Crippen molar-refractivity contribution < 1.29 is 22.1 Å². The molecule has 4 rings (SSSR count). The Hall–Kier alpha value is -3.16. The van der Waals surface area contributed by atoms with Crippen molar-refractivity contribution >= 4 is 16.0 Å². The van der Waals surface area contributed by atoms with Crippen molar-refractivity contribution in [2.45, 2.75) is 43.0 Å². The third kappa shape index (κ3) is 6.29. The Labute approximate surface area is 207 Å². The van der Waals surface area contributed by atoms with Crippen molar-refractivity contribution in [3.8, 4) is 5.75 Å². The van der Waals surface area contributed by atoms with Gasteiger partial charge in [-0.2, -0.15) is 8.42 Å². The molecule has 184 valence electrons. The molecule has 0 heterocycles. The number of para-hydroxylation sites is 1. The van der Waals surface area contributed by atoms with E-state index in [9.17, 15) is 13.2 Å². The summed E-state index contributed by atoms with van der Waals surface area (Å²) in [6.07, 6.45) is 2.22. The maximum atomic E-state index is 13.0. The SMILES string of the molecule is COc1ccccc1C(=O)NCC1(c2ccccc2)CCC(OS(=O)(=O)Cc2ccccc2)CC1. The monoisotopic (exact) mass is 493 g/mol. The molecule has 3 aromatic rings.